The summed E-state index contributed by atoms with van der Waals surface area (Å²) in [7, 11) is -3.67. The van der Waals surface area contributed by atoms with Crippen molar-refractivity contribution in [2.24, 2.45) is 5.92 Å². The number of carbonyl (C=O) groups excluding carboxylic acids is 3. The SMILES string of the molecule is Cc1cccc(NC(=O)NC(=O)COC(=O)C2CCN(S(=O)(=O)c3cccnc3)CC2)c1C. The van der Waals surface area contributed by atoms with Crippen molar-refractivity contribution in [1.82, 2.24) is 14.6 Å². The fourth-order valence-corrected chi connectivity index (χ4v) is 4.87. The van der Waals surface area contributed by atoms with Crippen molar-refractivity contribution >= 4 is 33.6 Å². The monoisotopic (exact) mass is 474 g/mol. The largest absolute Gasteiger partial charge is 0.455 e. The Balaban J connectivity index is 1.43. The van der Waals surface area contributed by atoms with Gasteiger partial charge in [0, 0.05) is 31.2 Å². The zero-order valence-electron chi connectivity index (χ0n) is 18.4. The summed E-state index contributed by atoms with van der Waals surface area (Å²) >= 11 is 0. The van der Waals surface area contributed by atoms with Crippen LogP contribution < -0.4 is 10.6 Å². The van der Waals surface area contributed by atoms with Crippen LogP contribution in [-0.4, -0.2) is 55.3 Å². The number of ether oxygens (including phenoxy) is 1. The number of nitrogens with zero attached hydrogens (tertiary/aromatic N) is 2. The van der Waals surface area contributed by atoms with Crippen LogP contribution in [0.4, 0.5) is 10.5 Å². The number of urea groups is 1. The number of carbonyl (C=O) groups is 3. The van der Waals surface area contributed by atoms with Gasteiger partial charge in [-0.1, -0.05) is 12.1 Å². The van der Waals surface area contributed by atoms with Crippen molar-refractivity contribution in [3.05, 3.63) is 53.9 Å². The Hall–Kier alpha value is -3.31. The van der Waals surface area contributed by atoms with Crippen LogP contribution in [0, 0.1) is 19.8 Å². The average molecular weight is 475 g/mol. The van der Waals surface area contributed by atoms with E-state index in [1.807, 2.05) is 19.9 Å². The van der Waals surface area contributed by atoms with Crippen molar-refractivity contribution in [3.63, 3.8) is 0 Å². The molecule has 1 saturated heterocycles. The van der Waals surface area contributed by atoms with Gasteiger partial charge in [-0.2, -0.15) is 4.31 Å². The van der Waals surface area contributed by atoms with Crippen LogP contribution in [0.1, 0.15) is 24.0 Å². The first-order chi connectivity index (χ1) is 15.7. The van der Waals surface area contributed by atoms with Gasteiger partial charge in [-0.05, 0) is 56.0 Å². The Labute approximate surface area is 192 Å². The molecule has 10 nitrogen and oxygen atoms in total. The number of esters is 1. The lowest BCUT2D eigenvalue weighted by Gasteiger charge is -2.29. The number of rotatable bonds is 6. The summed E-state index contributed by atoms with van der Waals surface area (Å²) in [6, 6.07) is 7.70. The molecule has 176 valence electrons. The molecule has 0 aliphatic carbocycles. The highest BCUT2D eigenvalue weighted by Gasteiger charge is 2.33. The fraction of sp³-hybridized carbons (Fsp3) is 0.364. The van der Waals surface area contributed by atoms with E-state index in [1.165, 1.54) is 22.8 Å². The highest BCUT2D eigenvalue weighted by Crippen LogP contribution is 2.24. The number of anilines is 1. The maximum Gasteiger partial charge on any atom is 0.325 e. The molecular formula is C22H26N4O6S. The molecule has 1 aliphatic heterocycles. The molecule has 0 saturated carbocycles. The lowest BCUT2D eigenvalue weighted by molar-refractivity contribution is -0.153. The minimum atomic E-state index is -3.67. The molecule has 3 amide bonds. The van der Waals surface area contributed by atoms with Gasteiger partial charge in [-0.3, -0.25) is 19.9 Å². The molecule has 11 heteroatoms. The maximum atomic E-state index is 12.6. The number of amides is 3. The van der Waals surface area contributed by atoms with Gasteiger partial charge in [-0.25, -0.2) is 13.2 Å². The number of aromatic nitrogens is 1. The summed E-state index contributed by atoms with van der Waals surface area (Å²) in [4.78, 5) is 40.3. The van der Waals surface area contributed by atoms with Crippen molar-refractivity contribution in [3.8, 4) is 0 Å². The van der Waals surface area contributed by atoms with Crippen LogP contribution in [0.25, 0.3) is 0 Å². The van der Waals surface area contributed by atoms with E-state index in [0.29, 0.717) is 5.69 Å². The Bertz CT molecular complexity index is 1130. The first-order valence-electron chi connectivity index (χ1n) is 10.4. The topological polar surface area (TPSA) is 135 Å². The minimum absolute atomic E-state index is 0.0989. The summed E-state index contributed by atoms with van der Waals surface area (Å²) in [6.07, 6.45) is 3.32. The first-order valence-corrected chi connectivity index (χ1v) is 11.9. The average Bonchev–Trinajstić information content (AvgIpc) is 2.81. The normalized spacial score (nSPS) is 15.0. The van der Waals surface area contributed by atoms with Gasteiger partial charge in [0.15, 0.2) is 6.61 Å². The number of hydrogen-bond acceptors (Lipinski definition) is 7. The van der Waals surface area contributed by atoms with Crippen LogP contribution >= 0.6 is 0 Å². The van der Waals surface area contributed by atoms with Crippen molar-refractivity contribution < 1.29 is 27.5 Å². The number of nitrogens with one attached hydrogen (secondary N) is 2. The van der Waals surface area contributed by atoms with Gasteiger partial charge in [0.2, 0.25) is 10.0 Å². The van der Waals surface area contributed by atoms with E-state index >= 15 is 0 Å². The summed E-state index contributed by atoms with van der Waals surface area (Å²) in [5, 5.41) is 4.71. The molecule has 3 rings (SSSR count). The highest BCUT2D eigenvalue weighted by atomic mass is 32.2. The Morgan fingerprint density at radius 1 is 1.12 bits per heavy atom. The lowest BCUT2D eigenvalue weighted by Crippen LogP contribution is -2.41. The molecule has 2 heterocycles. The van der Waals surface area contributed by atoms with Gasteiger partial charge >= 0.3 is 12.0 Å². The Morgan fingerprint density at radius 3 is 2.52 bits per heavy atom. The quantitative estimate of drug-likeness (QED) is 0.611. The van der Waals surface area contributed by atoms with Crippen LogP contribution in [0.2, 0.25) is 0 Å². The van der Waals surface area contributed by atoms with Crippen LogP contribution in [0.5, 0.6) is 0 Å². The molecular weight excluding hydrogens is 448 g/mol. The molecule has 0 unspecified atom stereocenters. The number of aryl methyl sites for hydroxylation is 1. The maximum absolute atomic E-state index is 12.6. The number of pyridine rings is 1. The fourth-order valence-electron chi connectivity index (χ4n) is 3.44. The van der Waals surface area contributed by atoms with E-state index in [9.17, 15) is 22.8 Å². The second kappa shape index (κ2) is 10.5. The number of benzene rings is 1. The molecule has 1 aliphatic rings. The van der Waals surface area contributed by atoms with Gasteiger partial charge in [0.05, 0.1) is 5.92 Å². The third kappa shape index (κ3) is 6.14. The van der Waals surface area contributed by atoms with Crippen molar-refractivity contribution in [2.45, 2.75) is 31.6 Å². The Kier molecular flexibility index (Phi) is 7.77. The second-order valence-electron chi connectivity index (χ2n) is 7.72. The van der Waals surface area contributed by atoms with Crippen LogP contribution in [-0.2, 0) is 24.3 Å². The van der Waals surface area contributed by atoms with E-state index in [1.54, 1.807) is 18.2 Å². The standard InChI is InChI=1S/C22H26N4O6S/c1-15-5-3-7-19(16(15)2)24-22(29)25-20(27)14-32-21(28)17-8-11-26(12-9-17)33(30,31)18-6-4-10-23-13-18/h3-7,10,13,17H,8-9,11-12,14H2,1-2H3,(H2,24,25,27,29). The van der Waals surface area contributed by atoms with Crippen LogP contribution in [0.3, 0.4) is 0 Å². The predicted octanol–water partition coefficient (Wildman–Crippen LogP) is 1.99. The molecule has 0 atom stereocenters. The summed E-state index contributed by atoms with van der Waals surface area (Å²) < 4.78 is 31.6. The molecule has 0 spiro atoms. The summed E-state index contributed by atoms with van der Waals surface area (Å²) in [6.45, 7) is 3.46. The number of piperidine rings is 1. The van der Waals surface area contributed by atoms with E-state index in [2.05, 4.69) is 15.6 Å². The van der Waals surface area contributed by atoms with Crippen molar-refractivity contribution in [2.75, 3.05) is 25.0 Å². The molecule has 1 fully saturated rings. The molecule has 1 aromatic carbocycles. The smallest absolute Gasteiger partial charge is 0.325 e. The molecule has 2 aromatic rings. The first kappa shape index (κ1) is 24.3. The Morgan fingerprint density at radius 2 is 1.85 bits per heavy atom. The summed E-state index contributed by atoms with van der Waals surface area (Å²) in [5.41, 5.74) is 2.45. The van der Waals surface area contributed by atoms with Gasteiger partial charge < -0.3 is 10.1 Å². The number of hydrogen-bond donors (Lipinski definition) is 2. The third-order valence-electron chi connectivity index (χ3n) is 5.51. The zero-order valence-corrected chi connectivity index (χ0v) is 19.2. The van der Waals surface area contributed by atoms with E-state index in [0.717, 1.165) is 11.1 Å². The van der Waals surface area contributed by atoms with Gasteiger partial charge in [0.1, 0.15) is 4.90 Å². The van der Waals surface area contributed by atoms with Crippen molar-refractivity contribution in [1.29, 1.82) is 0 Å². The summed E-state index contributed by atoms with van der Waals surface area (Å²) in [5.74, 6) is -1.89. The lowest BCUT2D eigenvalue weighted by atomic mass is 9.98. The van der Waals surface area contributed by atoms with E-state index < -0.39 is 40.5 Å². The van der Waals surface area contributed by atoms with Crippen LogP contribution in [0.15, 0.2) is 47.6 Å². The van der Waals surface area contributed by atoms with Gasteiger partial charge in [-0.15, -0.1) is 0 Å². The highest BCUT2D eigenvalue weighted by molar-refractivity contribution is 7.89. The molecule has 0 bridgehead atoms. The predicted molar refractivity (Wildman–Crippen MR) is 120 cm³/mol. The minimum Gasteiger partial charge on any atom is -0.455 e. The number of imide groups is 1. The molecule has 0 radical (unpaired) electrons. The van der Waals surface area contributed by atoms with Gasteiger partial charge in [0.25, 0.3) is 5.91 Å². The van der Waals surface area contributed by atoms with E-state index in [-0.39, 0.29) is 30.8 Å². The third-order valence-corrected chi connectivity index (χ3v) is 7.39. The zero-order chi connectivity index (χ0) is 24.0. The van der Waals surface area contributed by atoms with E-state index in [4.69, 9.17) is 4.74 Å². The molecule has 1 aromatic heterocycles. The number of sulfonamides is 1. The molecule has 33 heavy (non-hydrogen) atoms. The second-order valence-corrected chi connectivity index (χ2v) is 9.66. The molecule has 2 N–H and O–H groups in total.